The van der Waals surface area contributed by atoms with Gasteiger partial charge in [0.1, 0.15) is 12.2 Å². The molecule has 5 atom stereocenters. The van der Waals surface area contributed by atoms with E-state index in [1.807, 2.05) is 10.7 Å². The van der Waals surface area contributed by atoms with E-state index in [0.717, 1.165) is 25.1 Å². The molecule has 4 rings (SSSR count). The smallest absolute Gasteiger partial charge is 0.229 e. The van der Waals surface area contributed by atoms with Gasteiger partial charge in [0.05, 0.1) is 36.9 Å². The average molecular weight is 334 g/mol. The van der Waals surface area contributed by atoms with Gasteiger partial charge >= 0.3 is 0 Å². The van der Waals surface area contributed by atoms with Crippen LogP contribution in [0.25, 0.3) is 0 Å². The van der Waals surface area contributed by atoms with E-state index < -0.39 is 0 Å². The number of amides is 2. The Morgan fingerprint density at radius 2 is 1.92 bits per heavy atom. The predicted octanol–water partition coefficient (Wildman–Crippen LogP) is -0.452. The van der Waals surface area contributed by atoms with Crippen LogP contribution in [0.4, 0.5) is 0 Å². The standard InChI is InChI=1S/C16H22N4O4/c1-9(21)18-11-7-23-15-12(8-24-14(11)15)19-16(22)10-3-2-6-20-13(10)4-5-17-20/h4-5,10-12,14-15H,2-3,6-8H2,1H3,(H,18,21)(H,19,22)/t10?,11-,12-,14+,15+/m0/s1. The second-order valence-corrected chi connectivity index (χ2v) is 6.69. The molecule has 3 aliphatic rings. The highest BCUT2D eigenvalue weighted by Crippen LogP contribution is 2.30. The zero-order chi connectivity index (χ0) is 16.7. The lowest BCUT2D eigenvalue weighted by Gasteiger charge is -2.25. The van der Waals surface area contributed by atoms with Gasteiger partial charge in [-0.1, -0.05) is 0 Å². The zero-order valence-corrected chi connectivity index (χ0v) is 13.6. The van der Waals surface area contributed by atoms with Gasteiger partial charge in [0, 0.05) is 19.7 Å². The molecule has 24 heavy (non-hydrogen) atoms. The maximum atomic E-state index is 12.7. The van der Waals surface area contributed by atoms with Crippen LogP contribution < -0.4 is 10.6 Å². The van der Waals surface area contributed by atoms with Gasteiger partial charge in [-0.05, 0) is 18.9 Å². The summed E-state index contributed by atoms with van der Waals surface area (Å²) in [4.78, 5) is 24.0. The third kappa shape index (κ3) is 2.69. The topological polar surface area (TPSA) is 94.5 Å². The number of carbonyl (C=O) groups is 2. The molecule has 2 fully saturated rings. The highest BCUT2D eigenvalue weighted by Gasteiger charge is 2.48. The lowest BCUT2D eigenvalue weighted by molar-refractivity contribution is -0.124. The van der Waals surface area contributed by atoms with Crippen molar-refractivity contribution < 1.29 is 19.1 Å². The number of hydrogen-bond acceptors (Lipinski definition) is 5. The summed E-state index contributed by atoms with van der Waals surface area (Å²) in [6, 6.07) is 1.58. The molecule has 2 N–H and O–H groups in total. The molecule has 1 aromatic rings. The summed E-state index contributed by atoms with van der Waals surface area (Å²) in [5, 5.41) is 10.2. The lowest BCUT2D eigenvalue weighted by atomic mass is 9.94. The molecular weight excluding hydrogens is 312 g/mol. The van der Waals surface area contributed by atoms with Crippen LogP contribution >= 0.6 is 0 Å². The van der Waals surface area contributed by atoms with E-state index in [0.29, 0.717) is 13.2 Å². The van der Waals surface area contributed by atoms with Gasteiger partial charge in [0.2, 0.25) is 11.8 Å². The van der Waals surface area contributed by atoms with E-state index >= 15 is 0 Å². The maximum Gasteiger partial charge on any atom is 0.229 e. The van der Waals surface area contributed by atoms with Crippen molar-refractivity contribution in [2.75, 3.05) is 13.2 Å². The van der Waals surface area contributed by atoms with Gasteiger partial charge in [0.15, 0.2) is 0 Å². The Balaban J connectivity index is 1.40. The van der Waals surface area contributed by atoms with Crippen LogP contribution in [0.2, 0.25) is 0 Å². The first-order valence-corrected chi connectivity index (χ1v) is 8.46. The summed E-state index contributed by atoms with van der Waals surface area (Å²) in [6.45, 7) is 3.17. The SMILES string of the molecule is CC(=O)N[C@H]1CO[C@H]2[C@@H]1OC[C@@H]2NC(=O)C1CCCn2nccc21. The molecular formula is C16H22N4O4. The molecule has 3 aliphatic heterocycles. The van der Waals surface area contributed by atoms with Crippen molar-refractivity contribution in [3.8, 4) is 0 Å². The fourth-order valence-electron chi connectivity index (χ4n) is 3.98. The summed E-state index contributed by atoms with van der Waals surface area (Å²) in [6.07, 6.45) is 3.11. The van der Waals surface area contributed by atoms with Crippen molar-refractivity contribution >= 4 is 11.8 Å². The van der Waals surface area contributed by atoms with Gasteiger partial charge < -0.3 is 20.1 Å². The molecule has 0 radical (unpaired) electrons. The molecule has 0 aromatic carbocycles. The minimum atomic E-state index is -0.209. The van der Waals surface area contributed by atoms with E-state index in [-0.39, 0.29) is 42.0 Å². The lowest BCUT2D eigenvalue weighted by Crippen LogP contribution is -2.47. The third-order valence-electron chi connectivity index (χ3n) is 5.06. The molecule has 2 amide bonds. The summed E-state index contributed by atoms with van der Waals surface area (Å²) >= 11 is 0. The second kappa shape index (κ2) is 6.18. The molecule has 8 nitrogen and oxygen atoms in total. The van der Waals surface area contributed by atoms with E-state index in [1.54, 1.807) is 6.20 Å². The maximum absolute atomic E-state index is 12.7. The molecule has 8 heteroatoms. The summed E-state index contributed by atoms with van der Waals surface area (Å²) in [5.74, 6) is -0.277. The molecule has 130 valence electrons. The number of ether oxygens (including phenoxy) is 2. The van der Waals surface area contributed by atoms with Gasteiger partial charge in [-0.2, -0.15) is 5.10 Å². The van der Waals surface area contributed by atoms with Crippen molar-refractivity contribution in [3.05, 3.63) is 18.0 Å². The molecule has 0 bridgehead atoms. The monoisotopic (exact) mass is 334 g/mol. The van der Waals surface area contributed by atoms with E-state index in [4.69, 9.17) is 9.47 Å². The van der Waals surface area contributed by atoms with Crippen LogP contribution in [0.3, 0.4) is 0 Å². The first-order valence-electron chi connectivity index (χ1n) is 8.46. The average Bonchev–Trinajstić information content (AvgIpc) is 3.25. The number of fused-ring (bicyclic) bond motifs is 2. The Kier molecular flexibility index (Phi) is 4.01. The first-order chi connectivity index (χ1) is 11.6. The molecule has 4 heterocycles. The number of hydrogen-bond donors (Lipinski definition) is 2. The molecule has 0 spiro atoms. The van der Waals surface area contributed by atoms with Crippen LogP contribution in [-0.4, -0.2) is 59.1 Å². The van der Waals surface area contributed by atoms with Crippen molar-refractivity contribution in [2.24, 2.45) is 0 Å². The van der Waals surface area contributed by atoms with Gasteiger partial charge in [-0.3, -0.25) is 14.3 Å². The molecule has 0 saturated carbocycles. The Morgan fingerprint density at radius 3 is 2.62 bits per heavy atom. The Morgan fingerprint density at radius 1 is 1.21 bits per heavy atom. The normalized spacial score (nSPS) is 34.5. The van der Waals surface area contributed by atoms with Crippen molar-refractivity contribution in [1.29, 1.82) is 0 Å². The van der Waals surface area contributed by atoms with Crippen LogP contribution in [0.15, 0.2) is 12.3 Å². The predicted molar refractivity (Wildman–Crippen MR) is 83.2 cm³/mol. The van der Waals surface area contributed by atoms with Crippen molar-refractivity contribution in [1.82, 2.24) is 20.4 Å². The second-order valence-electron chi connectivity index (χ2n) is 6.69. The van der Waals surface area contributed by atoms with Crippen molar-refractivity contribution in [2.45, 2.75) is 56.5 Å². The number of aromatic nitrogens is 2. The highest BCUT2D eigenvalue weighted by atomic mass is 16.6. The Bertz CT molecular complexity index is 646. The van der Waals surface area contributed by atoms with E-state index in [1.165, 1.54) is 6.92 Å². The zero-order valence-electron chi connectivity index (χ0n) is 13.6. The number of nitrogens with one attached hydrogen (secondary N) is 2. The van der Waals surface area contributed by atoms with Crippen molar-refractivity contribution in [3.63, 3.8) is 0 Å². The summed E-state index contributed by atoms with van der Waals surface area (Å²) in [5.41, 5.74) is 0.970. The van der Waals surface area contributed by atoms with E-state index in [2.05, 4.69) is 15.7 Å². The number of carbonyl (C=O) groups excluding carboxylic acids is 2. The van der Waals surface area contributed by atoms with E-state index in [9.17, 15) is 9.59 Å². The van der Waals surface area contributed by atoms with Gasteiger partial charge in [-0.15, -0.1) is 0 Å². The summed E-state index contributed by atoms with van der Waals surface area (Å²) < 4.78 is 13.5. The fourth-order valence-corrected chi connectivity index (χ4v) is 3.98. The van der Waals surface area contributed by atoms with Crippen LogP contribution in [0.1, 0.15) is 31.4 Å². The van der Waals surface area contributed by atoms with Crippen LogP contribution in [0.5, 0.6) is 0 Å². The van der Waals surface area contributed by atoms with Gasteiger partial charge in [0.25, 0.3) is 0 Å². The first kappa shape index (κ1) is 15.6. The molecule has 0 aliphatic carbocycles. The fraction of sp³-hybridized carbons (Fsp3) is 0.688. The Hall–Kier alpha value is -1.93. The molecule has 2 saturated heterocycles. The minimum absolute atomic E-state index is 0.00252. The number of aryl methyl sites for hydroxylation is 1. The summed E-state index contributed by atoms with van der Waals surface area (Å²) in [7, 11) is 0. The largest absolute Gasteiger partial charge is 0.371 e. The number of rotatable bonds is 3. The highest BCUT2D eigenvalue weighted by molar-refractivity contribution is 5.83. The van der Waals surface area contributed by atoms with Crippen LogP contribution in [0, 0.1) is 0 Å². The Labute approximate surface area is 139 Å². The quantitative estimate of drug-likeness (QED) is 0.781. The minimum Gasteiger partial charge on any atom is -0.371 e. The third-order valence-corrected chi connectivity index (χ3v) is 5.06. The van der Waals surface area contributed by atoms with Gasteiger partial charge in [-0.25, -0.2) is 0 Å². The van der Waals surface area contributed by atoms with Crippen LogP contribution in [-0.2, 0) is 25.6 Å². The molecule has 1 aromatic heterocycles. The molecule has 1 unspecified atom stereocenters. The number of nitrogens with zero attached hydrogens (tertiary/aromatic N) is 2.